The number of hydrogen-bond donors (Lipinski definition) is 2. The molecule has 0 aromatic heterocycles. The quantitative estimate of drug-likeness (QED) is 0.851. The molecule has 1 aromatic rings. The summed E-state index contributed by atoms with van der Waals surface area (Å²) in [4.78, 5) is 14.4. The van der Waals surface area contributed by atoms with Gasteiger partial charge in [-0.1, -0.05) is 12.1 Å². The molecule has 132 valence electrons. The highest BCUT2D eigenvalue weighted by molar-refractivity contribution is 5.78. The number of hydrogen-bond acceptors (Lipinski definition) is 4. The van der Waals surface area contributed by atoms with Crippen LogP contribution in [0.2, 0.25) is 0 Å². The Bertz CT molecular complexity index is 552. The number of likely N-dealkylation sites (tertiary alicyclic amines) is 1. The van der Waals surface area contributed by atoms with Gasteiger partial charge in [-0.2, -0.15) is 0 Å². The molecule has 0 aliphatic carbocycles. The maximum Gasteiger partial charge on any atom is 0.234 e. The zero-order chi connectivity index (χ0) is 16.9. The van der Waals surface area contributed by atoms with E-state index in [9.17, 15) is 14.3 Å². The van der Waals surface area contributed by atoms with E-state index in [0.29, 0.717) is 32.7 Å². The summed E-state index contributed by atoms with van der Waals surface area (Å²) >= 11 is 0. The molecule has 0 saturated carbocycles. The molecule has 0 bridgehead atoms. The second kappa shape index (κ2) is 8.05. The van der Waals surface area contributed by atoms with Crippen LogP contribution in [-0.2, 0) is 16.1 Å². The Hall–Kier alpha value is -1.50. The van der Waals surface area contributed by atoms with Crippen LogP contribution in [0.25, 0.3) is 0 Å². The van der Waals surface area contributed by atoms with Crippen LogP contribution in [0.3, 0.4) is 0 Å². The molecule has 24 heavy (non-hydrogen) atoms. The van der Waals surface area contributed by atoms with Crippen molar-refractivity contribution in [1.82, 2.24) is 10.2 Å². The van der Waals surface area contributed by atoms with Crippen LogP contribution >= 0.6 is 0 Å². The second-order valence-electron chi connectivity index (χ2n) is 6.68. The van der Waals surface area contributed by atoms with Gasteiger partial charge in [-0.3, -0.25) is 9.69 Å². The summed E-state index contributed by atoms with van der Waals surface area (Å²) in [6.07, 6.45) is 2.37. The summed E-state index contributed by atoms with van der Waals surface area (Å²) in [6.45, 7) is 2.78. The van der Waals surface area contributed by atoms with Crippen LogP contribution in [0.4, 0.5) is 4.39 Å². The number of benzene rings is 1. The van der Waals surface area contributed by atoms with Crippen LogP contribution in [0.15, 0.2) is 24.3 Å². The van der Waals surface area contributed by atoms with Gasteiger partial charge in [0.25, 0.3) is 0 Å². The highest BCUT2D eigenvalue weighted by Gasteiger charge is 2.37. The Balaban J connectivity index is 1.50. The lowest BCUT2D eigenvalue weighted by molar-refractivity contribution is -0.124. The lowest BCUT2D eigenvalue weighted by Crippen LogP contribution is -2.48. The van der Waals surface area contributed by atoms with Gasteiger partial charge in [0.05, 0.1) is 19.3 Å². The first-order valence-electron chi connectivity index (χ1n) is 8.64. The van der Waals surface area contributed by atoms with E-state index in [1.54, 1.807) is 12.1 Å². The van der Waals surface area contributed by atoms with Crippen molar-refractivity contribution in [3.8, 4) is 0 Å². The third kappa shape index (κ3) is 4.32. The molecule has 2 heterocycles. The number of ether oxygens (including phenoxy) is 1. The number of carbonyl (C=O) groups is 1. The van der Waals surface area contributed by atoms with Gasteiger partial charge >= 0.3 is 0 Å². The van der Waals surface area contributed by atoms with E-state index in [0.717, 1.165) is 24.9 Å². The van der Waals surface area contributed by atoms with E-state index < -0.39 is 0 Å². The third-order valence-electron chi connectivity index (χ3n) is 5.02. The number of halogens is 1. The van der Waals surface area contributed by atoms with Crippen LogP contribution < -0.4 is 5.32 Å². The fourth-order valence-corrected chi connectivity index (χ4v) is 3.69. The van der Waals surface area contributed by atoms with Crippen molar-refractivity contribution < 1.29 is 19.0 Å². The number of amides is 1. The fraction of sp³-hybridized carbons (Fsp3) is 0.611. The van der Waals surface area contributed by atoms with Crippen molar-refractivity contribution >= 4 is 5.91 Å². The predicted molar refractivity (Wildman–Crippen MR) is 87.8 cm³/mol. The highest BCUT2D eigenvalue weighted by atomic mass is 19.1. The Morgan fingerprint density at radius 1 is 1.33 bits per heavy atom. The molecule has 3 rings (SSSR count). The summed E-state index contributed by atoms with van der Waals surface area (Å²) < 4.78 is 18.4. The first-order chi connectivity index (χ1) is 11.6. The number of aliphatic hydroxyl groups excluding tert-OH is 1. The minimum Gasteiger partial charge on any atom is -0.393 e. The number of nitrogens with one attached hydrogen (secondary N) is 1. The second-order valence-corrected chi connectivity index (χ2v) is 6.68. The van der Waals surface area contributed by atoms with Crippen molar-refractivity contribution in [2.24, 2.45) is 5.92 Å². The smallest absolute Gasteiger partial charge is 0.234 e. The van der Waals surface area contributed by atoms with Crippen molar-refractivity contribution in [2.75, 3.05) is 26.3 Å². The summed E-state index contributed by atoms with van der Waals surface area (Å²) in [6, 6.07) is 6.33. The van der Waals surface area contributed by atoms with Crippen molar-refractivity contribution in [1.29, 1.82) is 0 Å². The van der Waals surface area contributed by atoms with Gasteiger partial charge in [0.1, 0.15) is 5.82 Å². The maximum absolute atomic E-state index is 12.9. The van der Waals surface area contributed by atoms with E-state index in [-0.39, 0.29) is 29.8 Å². The molecule has 1 amide bonds. The maximum atomic E-state index is 12.9. The summed E-state index contributed by atoms with van der Waals surface area (Å²) in [5.41, 5.74) is 0.874. The van der Waals surface area contributed by atoms with Gasteiger partial charge in [0.2, 0.25) is 5.91 Å². The molecule has 0 spiro atoms. The standard InChI is InChI=1S/C18H25FN2O3/c19-14-5-3-13(4-6-14)10-20-18(23)11-21-8-1-2-16(21)15-12-24-9-7-17(15)22/h3-6,15-17,22H,1-2,7-12H2,(H,20,23)/t15-,16-,17+/m1/s1. The number of carbonyl (C=O) groups excluding carboxylic acids is 1. The highest BCUT2D eigenvalue weighted by Crippen LogP contribution is 2.29. The molecule has 0 radical (unpaired) electrons. The zero-order valence-electron chi connectivity index (χ0n) is 13.8. The number of rotatable bonds is 5. The molecule has 2 aliphatic heterocycles. The Morgan fingerprint density at radius 2 is 2.12 bits per heavy atom. The summed E-state index contributed by atoms with van der Waals surface area (Å²) in [5, 5.41) is 13.1. The predicted octanol–water partition coefficient (Wildman–Crippen LogP) is 1.30. The van der Waals surface area contributed by atoms with E-state index >= 15 is 0 Å². The zero-order valence-corrected chi connectivity index (χ0v) is 13.8. The molecule has 3 atom stereocenters. The summed E-state index contributed by atoms with van der Waals surface area (Å²) in [7, 11) is 0. The average molecular weight is 336 g/mol. The molecule has 1 aromatic carbocycles. The topological polar surface area (TPSA) is 61.8 Å². The molecule has 0 unspecified atom stereocenters. The van der Waals surface area contributed by atoms with Crippen molar-refractivity contribution in [3.63, 3.8) is 0 Å². The van der Waals surface area contributed by atoms with Gasteiger partial charge in [0.15, 0.2) is 0 Å². The third-order valence-corrected chi connectivity index (χ3v) is 5.02. The molecule has 2 saturated heterocycles. The van der Waals surface area contributed by atoms with Gasteiger partial charge in [0, 0.05) is 25.1 Å². The molecule has 6 heteroatoms. The number of aliphatic hydroxyl groups is 1. The minimum absolute atomic E-state index is 0.0440. The van der Waals surface area contributed by atoms with Crippen LogP contribution in [-0.4, -0.2) is 54.4 Å². The van der Waals surface area contributed by atoms with E-state index in [1.807, 2.05) is 0 Å². The number of nitrogens with zero attached hydrogens (tertiary/aromatic N) is 1. The Kier molecular flexibility index (Phi) is 5.81. The monoisotopic (exact) mass is 336 g/mol. The molecule has 2 N–H and O–H groups in total. The molecule has 5 nitrogen and oxygen atoms in total. The Labute approximate surface area is 141 Å². The lowest BCUT2D eigenvalue weighted by Gasteiger charge is -2.36. The van der Waals surface area contributed by atoms with Crippen LogP contribution in [0.1, 0.15) is 24.8 Å². The van der Waals surface area contributed by atoms with E-state index in [1.165, 1.54) is 12.1 Å². The summed E-state index contributed by atoms with van der Waals surface area (Å²) in [5.74, 6) is -0.234. The van der Waals surface area contributed by atoms with Gasteiger partial charge in [-0.15, -0.1) is 0 Å². The molecule has 2 aliphatic rings. The fourth-order valence-electron chi connectivity index (χ4n) is 3.69. The van der Waals surface area contributed by atoms with Gasteiger partial charge < -0.3 is 15.2 Å². The van der Waals surface area contributed by atoms with E-state index in [2.05, 4.69) is 10.2 Å². The lowest BCUT2D eigenvalue weighted by atomic mass is 9.89. The largest absolute Gasteiger partial charge is 0.393 e. The van der Waals surface area contributed by atoms with Crippen LogP contribution in [0.5, 0.6) is 0 Å². The van der Waals surface area contributed by atoms with Crippen molar-refractivity contribution in [2.45, 2.75) is 38.0 Å². The average Bonchev–Trinajstić information content (AvgIpc) is 3.02. The molecule has 2 fully saturated rings. The van der Waals surface area contributed by atoms with Crippen molar-refractivity contribution in [3.05, 3.63) is 35.6 Å². The first kappa shape index (κ1) is 17.3. The minimum atomic E-state index is -0.341. The van der Waals surface area contributed by atoms with Gasteiger partial charge in [-0.05, 0) is 43.5 Å². The van der Waals surface area contributed by atoms with E-state index in [4.69, 9.17) is 4.74 Å². The van der Waals surface area contributed by atoms with Gasteiger partial charge in [-0.25, -0.2) is 4.39 Å². The first-order valence-corrected chi connectivity index (χ1v) is 8.64. The molecular formula is C18H25FN2O3. The Morgan fingerprint density at radius 3 is 2.88 bits per heavy atom. The molecular weight excluding hydrogens is 311 g/mol. The SMILES string of the molecule is O=C(CN1CCC[C@@H]1[C@H]1COCC[C@@H]1O)NCc1ccc(F)cc1. The normalized spacial score (nSPS) is 28.0. The van der Waals surface area contributed by atoms with Crippen LogP contribution in [0, 0.1) is 11.7 Å².